The molecule has 1 aliphatic heterocycles. The smallest absolute Gasteiger partial charge is 0.0640 e. The van der Waals surface area contributed by atoms with Crippen molar-refractivity contribution < 1.29 is 0 Å². The lowest BCUT2D eigenvalue weighted by molar-refractivity contribution is 0.151. The molecule has 0 amide bonds. The van der Waals surface area contributed by atoms with Gasteiger partial charge in [-0.05, 0) is 18.6 Å². The Balaban J connectivity index is 2.31. The molecule has 5 heteroatoms. The summed E-state index contributed by atoms with van der Waals surface area (Å²) in [7, 11) is 0. The highest BCUT2D eigenvalue weighted by Crippen LogP contribution is 2.36. The third kappa shape index (κ3) is 3.22. The second-order valence-corrected chi connectivity index (χ2v) is 7.22. The van der Waals surface area contributed by atoms with Crippen LogP contribution in [0.15, 0.2) is 18.2 Å². The number of benzene rings is 1. The van der Waals surface area contributed by atoms with Gasteiger partial charge in [0.1, 0.15) is 0 Å². The van der Waals surface area contributed by atoms with Gasteiger partial charge in [0.25, 0.3) is 0 Å². The average molecular weight is 319 g/mol. The van der Waals surface area contributed by atoms with Crippen molar-refractivity contribution in [3.8, 4) is 0 Å². The lowest BCUT2D eigenvalue weighted by atomic mass is 10.0. The van der Waals surface area contributed by atoms with Crippen LogP contribution in [0.4, 0.5) is 0 Å². The second-order valence-electron chi connectivity index (χ2n) is 4.95. The molecule has 1 aliphatic rings. The van der Waals surface area contributed by atoms with Crippen LogP contribution in [0.3, 0.4) is 0 Å². The molecule has 0 saturated carbocycles. The Labute approximate surface area is 129 Å². The zero-order chi connectivity index (χ0) is 14.0. The van der Waals surface area contributed by atoms with Gasteiger partial charge < -0.3 is 5.73 Å². The molecule has 2 rings (SSSR count). The number of hydrogen-bond donors (Lipinski definition) is 1. The van der Waals surface area contributed by atoms with E-state index in [-0.39, 0.29) is 6.04 Å². The van der Waals surface area contributed by atoms with Gasteiger partial charge in [-0.2, -0.15) is 11.8 Å². The standard InChI is InChI=1S/C14H20Cl2N2S/c1-9-10(2)19-7-6-18(9)13(8-17)11-4-3-5-12(15)14(11)16/h3-5,9-10,13H,6-8,17H2,1-2H3. The maximum Gasteiger partial charge on any atom is 0.0640 e. The summed E-state index contributed by atoms with van der Waals surface area (Å²) in [5.41, 5.74) is 7.06. The molecule has 1 fully saturated rings. The fourth-order valence-electron chi connectivity index (χ4n) is 2.62. The van der Waals surface area contributed by atoms with Crippen LogP contribution in [0.2, 0.25) is 10.0 Å². The number of rotatable bonds is 3. The average Bonchev–Trinajstić information content (AvgIpc) is 2.40. The molecular weight excluding hydrogens is 299 g/mol. The van der Waals surface area contributed by atoms with Crippen molar-refractivity contribution in [2.45, 2.75) is 31.2 Å². The molecule has 3 atom stereocenters. The zero-order valence-electron chi connectivity index (χ0n) is 11.3. The predicted octanol–water partition coefficient (Wildman–Crippen LogP) is 3.82. The lowest BCUT2D eigenvalue weighted by Gasteiger charge is -2.42. The highest BCUT2D eigenvalue weighted by atomic mass is 35.5. The minimum Gasteiger partial charge on any atom is -0.329 e. The Morgan fingerprint density at radius 2 is 2.16 bits per heavy atom. The summed E-state index contributed by atoms with van der Waals surface area (Å²) in [5.74, 6) is 1.14. The maximum atomic E-state index is 6.35. The molecule has 0 radical (unpaired) electrons. The summed E-state index contributed by atoms with van der Waals surface area (Å²) in [4.78, 5) is 2.46. The zero-order valence-corrected chi connectivity index (χ0v) is 13.6. The monoisotopic (exact) mass is 318 g/mol. The molecule has 3 unspecified atom stereocenters. The SMILES string of the molecule is CC1SCCN(C(CN)c2cccc(Cl)c2Cl)C1C. The highest BCUT2D eigenvalue weighted by Gasteiger charge is 2.31. The first-order valence-electron chi connectivity index (χ1n) is 6.57. The number of nitrogens with zero attached hydrogens (tertiary/aromatic N) is 1. The number of thioether (sulfide) groups is 1. The molecule has 0 aromatic heterocycles. The molecule has 19 heavy (non-hydrogen) atoms. The van der Waals surface area contributed by atoms with E-state index in [0.29, 0.717) is 27.9 Å². The normalized spacial score (nSPS) is 26.4. The first-order valence-corrected chi connectivity index (χ1v) is 8.38. The maximum absolute atomic E-state index is 6.35. The topological polar surface area (TPSA) is 29.3 Å². The van der Waals surface area contributed by atoms with Gasteiger partial charge >= 0.3 is 0 Å². The van der Waals surface area contributed by atoms with Gasteiger partial charge in [-0.15, -0.1) is 0 Å². The van der Waals surface area contributed by atoms with E-state index in [4.69, 9.17) is 28.9 Å². The third-order valence-electron chi connectivity index (χ3n) is 3.90. The Kier molecular flexibility index (Phi) is 5.44. The molecule has 1 saturated heterocycles. The molecule has 1 aromatic rings. The van der Waals surface area contributed by atoms with Gasteiger partial charge in [-0.25, -0.2) is 0 Å². The van der Waals surface area contributed by atoms with E-state index >= 15 is 0 Å². The van der Waals surface area contributed by atoms with Crippen molar-refractivity contribution in [2.24, 2.45) is 5.73 Å². The van der Waals surface area contributed by atoms with Gasteiger partial charge in [0.05, 0.1) is 10.0 Å². The van der Waals surface area contributed by atoms with Crippen LogP contribution < -0.4 is 5.73 Å². The predicted molar refractivity (Wildman–Crippen MR) is 86.3 cm³/mol. The van der Waals surface area contributed by atoms with Crippen molar-refractivity contribution in [1.82, 2.24) is 4.90 Å². The van der Waals surface area contributed by atoms with Crippen molar-refractivity contribution in [3.05, 3.63) is 33.8 Å². The molecule has 0 aliphatic carbocycles. The van der Waals surface area contributed by atoms with Gasteiger partial charge in [-0.3, -0.25) is 4.90 Å². The van der Waals surface area contributed by atoms with Gasteiger partial charge in [0, 0.05) is 36.2 Å². The molecule has 2 N–H and O–H groups in total. The van der Waals surface area contributed by atoms with E-state index in [1.165, 1.54) is 0 Å². The summed E-state index contributed by atoms with van der Waals surface area (Å²) < 4.78 is 0. The molecule has 0 bridgehead atoms. The van der Waals surface area contributed by atoms with Crippen LogP contribution in [0.1, 0.15) is 25.5 Å². The van der Waals surface area contributed by atoms with E-state index in [0.717, 1.165) is 17.9 Å². The molecule has 0 spiro atoms. The van der Waals surface area contributed by atoms with Gasteiger partial charge in [0.2, 0.25) is 0 Å². The molecule has 1 heterocycles. The molecular formula is C14H20Cl2N2S. The number of nitrogens with two attached hydrogens (primary N) is 1. The van der Waals surface area contributed by atoms with E-state index in [2.05, 4.69) is 18.7 Å². The Hall–Kier alpha value is 0.0700. The van der Waals surface area contributed by atoms with Crippen LogP contribution in [0, 0.1) is 0 Å². The quantitative estimate of drug-likeness (QED) is 0.918. The van der Waals surface area contributed by atoms with Crippen LogP contribution in [-0.4, -0.2) is 35.0 Å². The Morgan fingerprint density at radius 3 is 2.84 bits per heavy atom. The van der Waals surface area contributed by atoms with Gasteiger partial charge in [-0.1, -0.05) is 42.3 Å². The van der Waals surface area contributed by atoms with E-state index < -0.39 is 0 Å². The minimum absolute atomic E-state index is 0.143. The number of hydrogen-bond acceptors (Lipinski definition) is 3. The minimum atomic E-state index is 0.143. The largest absolute Gasteiger partial charge is 0.329 e. The van der Waals surface area contributed by atoms with E-state index in [1.807, 2.05) is 30.0 Å². The summed E-state index contributed by atoms with van der Waals surface area (Å²) in [6.07, 6.45) is 0. The first-order chi connectivity index (χ1) is 9.06. The molecule has 2 nitrogen and oxygen atoms in total. The summed E-state index contributed by atoms with van der Waals surface area (Å²) in [6, 6.07) is 6.43. The number of halogens is 2. The third-order valence-corrected chi connectivity index (χ3v) is 6.07. The van der Waals surface area contributed by atoms with Crippen LogP contribution in [-0.2, 0) is 0 Å². The van der Waals surface area contributed by atoms with Crippen LogP contribution >= 0.6 is 35.0 Å². The highest BCUT2D eigenvalue weighted by molar-refractivity contribution is 8.00. The van der Waals surface area contributed by atoms with Crippen molar-refractivity contribution in [2.75, 3.05) is 18.8 Å². The van der Waals surface area contributed by atoms with Crippen LogP contribution in [0.25, 0.3) is 0 Å². The lowest BCUT2D eigenvalue weighted by Crippen LogP contribution is -2.48. The Bertz CT molecular complexity index is 441. The van der Waals surface area contributed by atoms with E-state index in [1.54, 1.807) is 0 Å². The molecule has 106 valence electrons. The first kappa shape index (κ1) is 15.5. The Morgan fingerprint density at radius 1 is 1.42 bits per heavy atom. The van der Waals surface area contributed by atoms with Crippen molar-refractivity contribution >= 4 is 35.0 Å². The summed E-state index contributed by atoms with van der Waals surface area (Å²) in [5, 5.41) is 1.85. The summed E-state index contributed by atoms with van der Waals surface area (Å²) in [6.45, 7) is 6.13. The fraction of sp³-hybridized carbons (Fsp3) is 0.571. The summed E-state index contributed by atoms with van der Waals surface area (Å²) >= 11 is 14.5. The van der Waals surface area contributed by atoms with Gasteiger partial charge in [0.15, 0.2) is 0 Å². The van der Waals surface area contributed by atoms with Crippen LogP contribution in [0.5, 0.6) is 0 Å². The molecule has 1 aromatic carbocycles. The van der Waals surface area contributed by atoms with Crippen molar-refractivity contribution in [3.63, 3.8) is 0 Å². The van der Waals surface area contributed by atoms with E-state index in [9.17, 15) is 0 Å². The second kappa shape index (κ2) is 6.68. The van der Waals surface area contributed by atoms with Crippen molar-refractivity contribution in [1.29, 1.82) is 0 Å². The fourth-order valence-corrected chi connectivity index (χ4v) is 4.17.